The van der Waals surface area contributed by atoms with Crippen molar-refractivity contribution in [3.63, 3.8) is 0 Å². The Balaban J connectivity index is 2.15. The maximum atomic E-state index is 12.8. The summed E-state index contributed by atoms with van der Waals surface area (Å²) in [5.74, 6) is 1.56. The maximum Gasteiger partial charge on any atom is 0.265 e. The molecule has 0 saturated heterocycles. The zero-order valence-corrected chi connectivity index (χ0v) is 16.4. The van der Waals surface area contributed by atoms with Crippen LogP contribution in [0, 0.1) is 0 Å². The lowest BCUT2D eigenvalue weighted by Crippen LogP contribution is -2.32. The number of hydrogen-bond donors (Lipinski definition) is 1. The molecule has 2 aromatic rings. The highest BCUT2D eigenvalue weighted by Gasteiger charge is 2.21. The molecule has 27 heavy (non-hydrogen) atoms. The lowest BCUT2D eigenvalue weighted by Gasteiger charge is -2.22. The second kappa shape index (κ2) is 10.4. The number of para-hydroxylation sites is 3. The first-order valence-electron chi connectivity index (χ1n) is 9.49. The lowest BCUT2D eigenvalue weighted by atomic mass is 9.98. The molecule has 0 fully saturated rings. The highest BCUT2D eigenvalue weighted by Crippen LogP contribution is 2.30. The van der Waals surface area contributed by atoms with Gasteiger partial charge in [0.05, 0.1) is 5.69 Å². The largest absolute Gasteiger partial charge is 0.487 e. The molecule has 1 N–H and O–H groups in total. The Morgan fingerprint density at radius 2 is 1.74 bits per heavy atom. The van der Waals surface area contributed by atoms with Crippen molar-refractivity contribution in [2.45, 2.75) is 45.6 Å². The van der Waals surface area contributed by atoms with E-state index < -0.39 is 6.10 Å². The van der Waals surface area contributed by atoms with E-state index in [4.69, 9.17) is 9.47 Å². The number of nitrogens with one attached hydrogen (secondary N) is 1. The van der Waals surface area contributed by atoms with Crippen molar-refractivity contribution in [3.8, 4) is 11.5 Å². The summed E-state index contributed by atoms with van der Waals surface area (Å²) in [7, 11) is 0. The van der Waals surface area contributed by atoms with E-state index in [0.717, 1.165) is 17.7 Å². The number of hydrogen-bond acceptors (Lipinski definition) is 3. The fraction of sp³-hybridized carbons (Fsp3) is 0.348. The topological polar surface area (TPSA) is 47.6 Å². The number of benzene rings is 2. The molecule has 2 unspecified atom stereocenters. The number of rotatable bonds is 10. The molecule has 2 rings (SSSR count). The molecule has 144 valence electrons. The molecule has 0 aliphatic carbocycles. The SMILES string of the molecule is C=CCOc1ccccc1NC(=O)C(CC)Oc1ccccc1C(C)CC. The molecule has 0 aliphatic heterocycles. The van der Waals surface area contributed by atoms with Gasteiger partial charge in [0.15, 0.2) is 6.10 Å². The second-order valence-electron chi connectivity index (χ2n) is 6.45. The van der Waals surface area contributed by atoms with Crippen LogP contribution in [0.3, 0.4) is 0 Å². The van der Waals surface area contributed by atoms with Crippen molar-refractivity contribution in [1.29, 1.82) is 0 Å². The molecular formula is C23H29NO3. The van der Waals surface area contributed by atoms with E-state index in [1.165, 1.54) is 0 Å². The monoisotopic (exact) mass is 367 g/mol. The smallest absolute Gasteiger partial charge is 0.265 e. The van der Waals surface area contributed by atoms with Gasteiger partial charge in [-0.05, 0) is 42.5 Å². The van der Waals surface area contributed by atoms with E-state index in [9.17, 15) is 4.79 Å². The Morgan fingerprint density at radius 3 is 2.41 bits per heavy atom. The van der Waals surface area contributed by atoms with Crippen LogP contribution in [0.15, 0.2) is 61.2 Å². The first kappa shape index (κ1) is 20.6. The minimum Gasteiger partial charge on any atom is -0.487 e. The number of anilines is 1. The summed E-state index contributed by atoms with van der Waals surface area (Å²) in [6.45, 7) is 10.3. The summed E-state index contributed by atoms with van der Waals surface area (Å²) >= 11 is 0. The lowest BCUT2D eigenvalue weighted by molar-refractivity contribution is -0.122. The van der Waals surface area contributed by atoms with Crippen LogP contribution in [-0.2, 0) is 4.79 Å². The van der Waals surface area contributed by atoms with Gasteiger partial charge in [0, 0.05) is 0 Å². The van der Waals surface area contributed by atoms with Crippen LogP contribution in [0.1, 0.15) is 45.1 Å². The van der Waals surface area contributed by atoms with Gasteiger partial charge in [-0.3, -0.25) is 4.79 Å². The van der Waals surface area contributed by atoms with Crippen LogP contribution in [0.2, 0.25) is 0 Å². The van der Waals surface area contributed by atoms with Gasteiger partial charge in [-0.15, -0.1) is 0 Å². The van der Waals surface area contributed by atoms with Crippen molar-refractivity contribution in [2.24, 2.45) is 0 Å². The van der Waals surface area contributed by atoms with Crippen molar-refractivity contribution < 1.29 is 14.3 Å². The first-order chi connectivity index (χ1) is 13.1. The Hall–Kier alpha value is -2.75. The summed E-state index contributed by atoms with van der Waals surface area (Å²) in [6.07, 6.45) is 2.67. The first-order valence-corrected chi connectivity index (χ1v) is 9.49. The van der Waals surface area contributed by atoms with Gasteiger partial charge in [-0.25, -0.2) is 0 Å². The molecular weight excluding hydrogens is 338 g/mol. The van der Waals surface area contributed by atoms with Gasteiger partial charge in [-0.1, -0.05) is 63.8 Å². The van der Waals surface area contributed by atoms with Gasteiger partial charge in [0.25, 0.3) is 5.91 Å². The number of ether oxygens (including phenoxy) is 2. The molecule has 4 heteroatoms. The summed E-state index contributed by atoms with van der Waals surface area (Å²) in [4.78, 5) is 12.8. The maximum absolute atomic E-state index is 12.8. The predicted octanol–water partition coefficient (Wildman–Crippen LogP) is 5.56. The molecule has 0 spiro atoms. The zero-order valence-electron chi connectivity index (χ0n) is 16.4. The third-order valence-electron chi connectivity index (χ3n) is 4.50. The fourth-order valence-corrected chi connectivity index (χ4v) is 2.75. The van der Waals surface area contributed by atoms with Crippen molar-refractivity contribution in [1.82, 2.24) is 0 Å². The minimum atomic E-state index is -0.581. The van der Waals surface area contributed by atoms with Gasteiger partial charge < -0.3 is 14.8 Å². The highest BCUT2D eigenvalue weighted by atomic mass is 16.5. The van der Waals surface area contributed by atoms with E-state index in [-0.39, 0.29) is 5.91 Å². The predicted molar refractivity (Wildman–Crippen MR) is 111 cm³/mol. The van der Waals surface area contributed by atoms with Crippen LogP contribution in [0.5, 0.6) is 11.5 Å². The van der Waals surface area contributed by atoms with Gasteiger partial charge >= 0.3 is 0 Å². The third-order valence-corrected chi connectivity index (χ3v) is 4.50. The molecule has 4 nitrogen and oxygen atoms in total. The third kappa shape index (κ3) is 5.61. The number of amides is 1. The molecule has 2 aromatic carbocycles. The number of carbonyl (C=O) groups excluding carboxylic acids is 1. The molecule has 0 saturated carbocycles. The molecule has 1 amide bonds. The Bertz CT molecular complexity index is 757. The number of carbonyl (C=O) groups is 1. The minimum absolute atomic E-state index is 0.189. The summed E-state index contributed by atoms with van der Waals surface area (Å²) in [6, 6.07) is 15.3. The standard InChI is InChI=1S/C23H29NO3/c1-5-16-26-22-15-11-9-13-19(22)24-23(25)20(7-3)27-21-14-10-8-12-18(21)17(4)6-2/h5,8-15,17,20H,1,6-7,16H2,2-4H3,(H,24,25). The fourth-order valence-electron chi connectivity index (χ4n) is 2.75. The summed E-state index contributed by atoms with van der Waals surface area (Å²) in [5, 5.41) is 2.93. The van der Waals surface area contributed by atoms with E-state index in [2.05, 4.69) is 31.8 Å². The van der Waals surface area contributed by atoms with E-state index in [1.807, 2.05) is 49.4 Å². The molecule has 0 bridgehead atoms. The quantitative estimate of drug-likeness (QED) is 0.559. The van der Waals surface area contributed by atoms with Crippen LogP contribution in [0.25, 0.3) is 0 Å². The molecule has 2 atom stereocenters. The second-order valence-corrected chi connectivity index (χ2v) is 6.45. The van der Waals surface area contributed by atoms with Crippen molar-refractivity contribution >= 4 is 11.6 Å². The molecule has 0 aromatic heterocycles. The van der Waals surface area contributed by atoms with Crippen LogP contribution in [-0.4, -0.2) is 18.6 Å². The average Bonchev–Trinajstić information content (AvgIpc) is 2.70. The van der Waals surface area contributed by atoms with Crippen LogP contribution in [0.4, 0.5) is 5.69 Å². The van der Waals surface area contributed by atoms with Gasteiger partial charge in [0.1, 0.15) is 18.1 Å². The molecule has 0 aliphatic rings. The average molecular weight is 367 g/mol. The van der Waals surface area contributed by atoms with Crippen LogP contribution >= 0.6 is 0 Å². The van der Waals surface area contributed by atoms with Crippen molar-refractivity contribution in [3.05, 3.63) is 66.7 Å². The van der Waals surface area contributed by atoms with Crippen molar-refractivity contribution in [2.75, 3.05) is 11.9 Å². The van der Waals surface area contributed by atoms with Gasteiger partial charge in [-0.2, -0.15) is 0 Å². The Kier molecular flexibility index (Phi) is 7.93. The van der Waals surface area contributed by atoms with Crippen LogP contribution < -0.4 is 14.8 Å². The highest BCUT2D eigenvalue weighted by molar-refractivity contribution is 5.95. The Morgan fingerprint density at radius 1 is 1.07 bits per heavy atom. The molecule has 0 heterocycles. The van der Waals surface area contributed by atoms with E-state index >= 15 is 0 Å². The normalized spacial score (nSPS) is 12.7. The zero-order chi connectivity index (χ0) is 19.6. The Labute approximate surface area is 162 Å². The van der Waals surface area contributed by atoms with E-state index in [1.54, 1.807) is 6.08 Å². The summed E-state index contributed by atoms with van der Waals surface area (Å²) < 4.78 is 11.7. The summed E-state index contributed by atoms with van der Waals surface area (Å²) in [5.41, 5.74) is 1.75. The van der Waals surface area contributed by atoms with Gasteiger partial charge in [0.2, 0.25) is 0 Å². The van der Waals surface area contributed by atoms with E-state index in [0.29, 0.717) is 30.4 Å². The molecule has 0 radical (unpaired) electrons.